The Hall–Kier alpha value is -2.45. The van der Waals surface area contributed by atoms with Gasteiger partial charge in [-0.15, -0.1) is 0 Å². The second-order valence-electron chi connectivity index (χ2n) is 10.1. The van der Waals surface area contributed by atoms with Crippen molar-refractivity contribution in [2.45, 2.75) is 65.2 Å². The van der Waals surface area contributed by atoms with Crippen LogP contribution in [0.5, 0.6) is 0 Å². The third-order valence-corrected chi connectivity index (χ3v) is 8.84. The standard InChI is InChI=1S/C22H27F2N5O2/c1-20(2)21(3)6-7-22(20,11-16(21)30)18(31)28-8-4-13(5-9-28)14-10-15(17(23)24)29-19(27-14)25-12-26-29/h10,12-13,17H,4-9,11H2,1-3H3. The Balaban J connectivity index is 1.35. The number of amides is 1. The van der Waals surface area contributed by atoms with Crippen LogP contribution in [0.25, 0.3) is 5.78 Å². The van der Waals surface area contributed by atoms with E-state index in [-0.39, 0.29) is 34.5 Å². The number of rotatable bonds is 3. The lowest BCUT2D eigenvalue weighted by molar-refractivity contribution is -0.149. The first-order valence-corrected chi connectivity index (χ1v) is 10.9. The van der Waals surface area contributed by atoms with Crippen molar-refractivity contribution in [2.75, 3.05) is 13.1 Å². The van der Waals surface area contributed by atoms with Gasteiger partial charge in [-0.05, 0) is 37.2 Å². The molecule has 2 aliphatic carbocycles. The summed E-state index contributed by atoms with van der Waals surface area (Å²) in [4.78, 5) is 36.7. The van der Waals surface area contributed by atoms with E-state index in [0.717, 1.165) is 17.4 Å². The van der Waals surface area contributed by atoms with E-state index in [1.54, 1.807) is 0 Å². The van der Waals surface area contributed by atoms with Crippen LogP contribution in [0.3, 0.4) is 0 Å². The minimum Gasteiger partial charge on any atom is -0.342 e. The summed E-state index contributed by atoms with van der Waals surface area (Å²) in [5, 5.41) is 3.83. The summed E-state index contributed by atoms with van der Waals surface area (Å²) in [5.74, 6) is 0.437. The molecule has 3 aliphatic rings. The number of hydrogen-bond donors (Lipinski definition) is 0. The average molecular weight is 431 g/mol. The number of alkyl halides is 2. The molecule has 2 bridgehead atoms. The summed E-state index contributed by atoms with van der Waals surface area (Å²) in [5.41, 5.74) is -1.05. The van der Waals surface area contributed by atoms with Crippen molar-refractivity contribution < 1.29 is 18.4 Å². The molecular weight excluding hydrogens is 404 g/mol. The lowest BCUT2D eigenvalue weighted by atomic mass is 9.64. The Morgan fingerprint density at radius 3 is 2.48 bits per heavy atom. The molecule has 3 fully saturated rings. The molecule has 5 rings (SSSR count). The zero-order chi connectivity index (χ0) is 22.2. The largest absolute Gasteiger partial charge is 0.342 e. The second-order valence-corrected chi connectivity index (χ2v) is 10.1. The van der Waals surface area contributed by atoms with E-state index in [1.807, 2.05) is 11.8 Å². The van der Waals surface area contributed by atoms with E-state index in [4.69, 9.17) is 0 Å². The van der Waals surface area contributed by atoms with Crippen molar-refractivity contribution in [2.24, 2.45) is 16.2 Å². The van der Waals surface area contributed by atoms with E-state index in [0.29, 0.717) is 38.0 Å². The summed E-state index contributed by atoms with van der Waals surface area (Å²) in [6.45, 7) is 7.22. The number of likely N-dealkylation sites (tertiary alicyclic amines) is 1. The first kappa shape index (κ1) is 20.5. The second kappa shape index (κ2) is 6.53. The maximum absolute atomic E-state index is 13.6. The van der Waals surface area contributed by atoms with Gasteiger partial charge in [0, 0.05) is 36.5 Å². The van der Waals surface area contributed by atoms with E-state index in [1.165, 1.54) is 12.4 Å². The molecule has 0 N–H and O–H groups in total. The van der Waals surface area contributed by atoms with E-state index in [2.05, 4.69) is 28.9 Å². The van der Waals surface area contributed by atoms with Crippen LogP contribution in [-0.4, -0.2) is 49.3 Å². The Morgan fingerprint density at radius 1 is 1.19 bits per heavy atom. The molecule has 2 unspecified atom stereocenters. The van der Waals surface area contributed by atoms with Gasteiger partial charge in [0.05, 0.1) is 5.41 Å². The van der Waals surface area contributed by atoms with Gasteiger partial charge in [-0.1, -0.05) is 20.8 Å². The Bertz CT molecular complexity index is 1080. The first-order valence-electron chi connectivity index (χ1n) is 10.9. The van der Waals surface area contributed by atoms with Crippen LogP contribution >= 0.6 is 0 Å². The van der Waals surface area contributed by atoms with Crippen LogP contribution in [-0.2, 0) is 9.59 Å². The molecule has 166 valence electrons. The number of carbonyl (C=O) groups is 2. The van der Waals surface area contributed by atoms with Crippen LogP contribution in [0.15, 0.2) is 12.4 Å². The fourth-order valence-corrected chi connectivity index (χ4v) is 6.23. The van der Waals surface area contributed by atoms with Gasteiger partial charge >= 0.3 is 0 Å². The molecule has 2 saturated carbocycles. The van der Waals surface area contributed by atoms with Gasteiger partial charge in [0.15, 0.2) is 0 Å². The summed E-state index contributed by atoms with van der Waals surface area (Å²) in [7, 11) is 0. The fraction of sp³-hybridized carbons (Fsp3) is 0.682. The third kappa shape index (κ3) is 2.58. The van der Waals surface area contributed by atoms with Crippen molar-refractivity contribution in [1.29, 1.82) is 0 Å². The zero-order valence-electron chi connectivity index (χ0n) is 18.1. The minimum absolute atomic E-state index is 0.0205. The van der Waals surface area contributed by atoms with Crippen LogP contribution in [0.2, 0.25) is 0 Å². The lowest BCUT2D eigenvalue weighted by Crippen LogP contribution is -2.50. The van der Waals surface area contributed by atoms with Crippen LogP contribution in [0, 0.1) is 16.2 Å². The molecule has 2 aromatic heterocycles. The number of nitrogens with zero attached hydrogens (tertiary/aromatic N) is 5. The number of ketones is 1. The van der Waals surface area contributed by atoms with Gasteiger partial charge in [0.2, 0.25) is 5.91 Å². The normalized spacial score (nSPS) is 30.6. The van der Waals surface area contributed by atoms with Crippen molar-refractivity contribution in [3.8, 4) is 0 Å². The predicted octanol–water partition coefficient (Wildman–Crippen LogP) is 3.55. The SMILES string of the molecule is CC12CCC(C(=O)N3CCC(c4cc(C(F)F)n5ncnc5n4)CC3)(CC1=O)C2(C)C. The molecule has 0 radical (unpaired) electrons. The Morgan fingerprint density at radius 2 is 1.90 bits per heavy atom. The van der Waals surface area contributed by atoms with Gasteiger partial charge in [-0.25, -0.2) is 13.8 Å². The molecule has 31 heavy (non-hydrogen) atoms. The van der Waals surface area contributed by atoms with Crippen molar-refractivity contribution in [3.05, 3.63) is 23.8 Å². The molecule has 0 aromatic carbocycles. The average Bonchev–Trinajstić information content (AvgIpc) is 3.34. The molecule has 1 aliphatic heterocycles. The van der Waals surface area contributed by atoms with E-state index in [9.17, 15) is 18.4 Å². The number of aromatic nitrogens is 4. The van der Waals surface area contributed by atoms with Gasteiger partial charge in [0.25, 0.3) is 12.2 Å². The number of piperidine rings is 1. The molecule has 0 spiro atoms. The van der Waals surface area contributed by atoms with Crippen molar-refractivity contribution >= 4 is 17.5 Å². The van der Waals surface area contributed by atoms with Gasteiger partial charge < -0.3 is 4.90 Å². The van der Waals surface area contributed by atoms with Crippen LogP contribution < -0.4 is 0 Å². The molecule has 9 heteroatoms. The highest BCUT2D eigenvalue weighted by molar-refractivity contribution is 5.99. The summed E-state index contributed by atoms with van der Waals surface area (Å²) >= 11 is 0. The number of Topliss-reactive ketones (excluding diaryl/α,β-unsaturated/α-hetero) is 1. The number of halogens is 2. The minimum atomic E-state index is -2.68. The fourth-order valence-electron chi connectivity index (χ4n) is 6.23. The van der Waals surface area contributed by atoms with E-state index < -0.39 is 17.3 Å². The van der Waals surface area contributed by atoms with Gasteiger partial charge in [-0.3, -0.25) is 9.59 Å². The molecule has 2 aromatic rings. The smallest absolute Gasteiger partial charge is 0.280 e. The highest BCUT2D eigenvalue weighted by Crippen LogP contribution is 2.71. The highest BCUT2D eigenvalue weighted by atomic mass is 19.3. The summed E-state index contributed by atoms with van der Waals surface area (Å²) in [6, 6.07) is 1.41. The molecular formula is C22H27F2N5O2. The summed E-state index contributed by atoms with van der Waals surface area (Å²) < 4.78 is 28.0. The number of hydrogen-bond acceptors (Lipinski definition) is 5. The van der Waals surface area contributed by atoms with Gasteiger partial charge in [-0.2, -0.15) is 14.6 Å². The predicted molar refractivity (Wildman–Crippen MR) is 107 cm³/mol. The third-order valence-electron chi connectivity index (χ3n) is 8.84. The maximum Gasteiger partial charge on any atom is 0.280 e. The summed E-state index contributed by atoms with van der Waals surface area (Å²) in [6.07, 6.45) is 1.69. The monoisotopic (exact) mass is 431 g/mol. The molecule has 7 nitrogen and oxygen atoms in total. The highest BCUT2D eigenvalue weighted by Gasteiger charge is 2.73. The van der Waals surface area contributed by atoms with Crippen molar-refractivity contribution in [1.82, 2.24) is 24.5 Å². The molecule has 2 atom stereocenters. The molecule has 1 amide bonds. The topological polar surface area (TPSA) is 80.5 Å². The number of fused-ring (bicyclic) bond motifs is 3. The van der Waals surface area contributed by atoms with Gasteiger partial charge in [0.1, 0.15) is 17.8 Å². The van der Waals surface area contributed by atoms with E-state index >= 15 is 0 Å². The van der Waals surface area contributed by atoms with Crippen LogP contribution in [0.1, 0.15) is 76.6 Å². The molecule has 1 saturated heterocycles. The first-order chi connectivity index (χ1) is 14.6. The van der Waals surface area contributed by atoms with Crippen LogP contribution in [0.4, 0.5) is 8.78 Å². The zero-order valence-corrected chi connectivity index (χ0v) is 18.1. The molecule has 3 heterocycles. The lowest BCUT2D eigenvalue weighted by Gasteiger charge is -2.43. The quantitative estimate of drug-likeness (QED) is 0.743. The Labute approximate surface area is 179 Å². The maximum atomic E-state index is 13.6. The van der Waals surface area contributed by atoms with Crippen molar-refractivity contribution in [3.63, 3.8) is 0 Å². The number of carbonyl (C=O) groups excluding carboxylic acids is 2. The Kier molecular flexibility index (Phi) is 4.31.